The topological polar surface area (TPSA) is 101 Å². The second-order valence-electron chi connectivity index (χ2n) is 6.51. The molecular weight excluding hydrogens is 408 g/mol. The van der Waals surface area contributed by atoms with Crippen LogP contribution in [-0.2, 0) is 10.5 Å². The van der Waals surface area contributed by atoms with Crippen molar-refractivity contribution >= 4 is 23.5 Å². The van der Waals surface area contributed by atoms with Crippen LogP contribution in [0, 0.1) is 13.8 Å². The quantitative estimate of drug-likeness (QED) is 0.318. The van der Waals surface area contributed by atoms with Crippen molar-refractivity contribution in [1.82, 2.24) is 10.1 Å². The molecule has 3 aromatic rings. The fourth-order valence-electron chi connectivity index (χ4n) is 2.87. The van der Waals surface area contributed by atoms with Crippen LogP contribution in [0.25, 0.3) is 0 Å². The van der Waals surface area contributed by atoms with Crippen LogP contribution in [0.2, 0.25) is 0 Å². The molecule has 4 rings (SSSR count). The Morgan fingerprint density at radius 3 is 2.80 bits per heavy atom. The highest BCUT2D eigenvalue weighted by molar-refractivity contribution is 7.98. The third-order valence-corrected chi connectivity index (χ3v) is 5.59. The number of aromatic nitrogens is 2. The van der Waals surface area contributed by atoms with Gasteiger partial charge in [0.1, 0.15) is 10.8 Å². The molecule has 0 atom stereocenters. The Labute approximate surface area is 176 Å². The van der Waals surface area contributed by atoms with Crippen molar-refractivity contribution in [2.75, 3.05) is 13.4 Å². The molecule has 1 aliphatic heterocycles. The van der Waals surface area contributed by atoms with E-state index in [9.17, 15) is 9.59 Å². The van der Waals surface area contributed by atoms with Gasteiger partial charge in [-0.2, -0.15) is 0 Å². The standard InChI is InChI=1S/C21H18N2O6S/c1-12-16(13(2)29-23-12)10-30-20-15(4-3-7-22-20)21(25)26-9-17(24)14-5-6-18-19(8-14)28-11-27-18/h3-8H,9-11H2,1-2H3. The average molecular weight is 426 g/mol. The van der Waals surface area contributed by atoms with Crippen LogP contribution in [0.5, 0.6) is 11.5 Å². The molecule has 154 valence electrons. The number of nitrogens with zero attached hydrogens (tertiary/aromatic N) is 2. The second-order valence-corrected chi connectivity index (χ2v) is 7.48. The Morgan fingerprint density at radius 1 is 1.17 bits per heavy atom. The number of fused-ring (bicyclic) bond motifs is 1. The largest absolute Gasteiger partial charge is 0.454 e. The average Bonchev–Trinajstić information content (AvgIpc) is 3.36. The first-order valence-corrected chi connectivity index (χ1v) is 10.1. The monoisotopic (exact) mass is 426 g/mol. The molecule has 0 saturated carbocycles. The molecule has 3 heterocycles. The van der Waals surface area contributed by atoms with Gasteiger partial charge < -0.3 is 18.7 Å². The SMILES string of the molecule is Cc1noc(C)c1CSc1ncccc1C(=O)OCC(=O)c1ccc2c(c1)OCO2. The van der Waals surface area contributed by atoms with Crippen molar-refractivity contribution in [1.29, 1.82) is 0 Å². The van der Waals surface area contributed by atoms with E-state index in [1.807, 2.05) is 13.8 Å². The van der Waals surface area contributed by atoms with Gasteiger partial charge in [0.2, 0.25) is 6.79 Å². The maximum absolute atomic E-state index is 12.6. The number of carbonyl (C=O) groups is 2. The predicted molar refractivity (Wildman–Crippen MR) is 107 cm³/mol. The number of aryl methyl sites for hydroxylation is 2. The minimum atomic E-state index is -0.613. The molecule has 2 aromatic heterocycles. The third kappa shape index (κ3) is 4.16. The molecular formula is C21H18N2O6S. The summed E-state index contributed by atoms with van der Waals surface area (Å²) in [5.74, 6) is 1.41. The number of ether oxygens (including phenoxy) is 3. The normalized spacial score (nSPS) is 12.1. The number of benzene rings is 1. The summed E-state index contributed by atoms with van der Waals surface area (Å²) in [6, 6.07) is 8.11. The lowest BCUT2D eigenvalue weighted by Gasteiger charge is -2.08. The van der Waals surface area contributed by atoms with Gasteiger partial charge in [-0.1, -0.05) is 5.16 Å². The molecule has 0 unspecified atom stereocenters. The zero-order valence-corrected chi connectivity index (χ0v) is 17.2. The molecule has 30 heavy (non-hydrogen) atoms. The molecule has 8 nitrogen and oxygen atoms in total. The first kappa shape index (κ1) is 20.0. The molecule has 0 radical (unpaired) electrons. The van der Waals surface area contributed by atoms with E-state index in [4.69, 9.17) is 18.7 Å². The summed E-state index contributed by atoms with van der Waals surface area (Å²) in [4.78, 5) is 29.3. The molecule has 0 amide bonds. The van der Waals surface area contributed by atoms with Crippen LogP contribution in [-0.4, -0.2) is 35.3 Å². The van der Waals surface area contributed by atoms with Gasteiger partial charge in [-0.3, -0.25) is 4.79 Å². The van der Waals surface area contributed by atoms with Crippen LogP contribution in [0.3, 0.4) is 0 Å². The summed E-state index contributed by atoms with van der Waals surface area (Å²) in [6.07, 6.45) is 1.60. The van der Waals surface area contributed by atoms with Crippen LogP contribution in [0.15, 0.2) is 46.1 Å². The minimum Gasteiger partial charge on any atom is -0.454 e. The van der Waals surface area contributed by atoms with Crippen LogP contribution >= 0.6 is 11.8 Å². The fourth-order valence-corrected chi connectivity index (χ4v) is 4.01. The van der Waals surface area contributed by atoms with Gasteiger partial charge in [-0.25, -0.2) is 9.78 Å². The fraction of sp³-hybridized carbons (Fsp3) is 0.238. The van der Waals surface area contributed by atoms with E-state index in [0.717, 1.165) is 17.0 Å². The van der Waals surface area contributed by atoms with Crippen LogP contribution in [0.4, 0.5) is 0 Å². The Kier molecular flexibility index (Phi) is 5.71. The van der Waals surface area contributed by atoms with Crippen molar-refractivity contribution in [2.24, 2.45) is 0 Å². The number of pyridine rings is 1. The summed E-state index contributed by atoms with van der Waals surface area (Å²) >= 11 is 1.38. The first-order valence-electron chi connectivity index (χ1n) is 9.12. The van der Waals surface area contributed by atoms with Crippen molar-refractivity contribution in [3.05, 3.63) is 64.7 Å². The number of ketones is 1. The van der Waals surface area contributed by atoms with E-state index in [0.29, 0.717) is 33.4 Å². The van der Waals surface area contributed by atoms with E-state index in [1.165, 1.54) is 11.8 Å². The lowest BCUT2D eigenvalue weighted by molar-refractivity contribution is 0.0470. The lowest BCUT2D eigenvalue weighted by Crippen LogP contribution is -2.15. The summed E-state index contributed by atoms with van der Waals surface area (Å²) < 4.78 is 20.9. The van der Waals surface area contributed by atoms with E-state index in [1.54, 1.807) is 36.5 Å². The number of rotatable bonds is 7. The minimum absolute atomic E-state index is 0.122. The Balaban J connectivity index is 1.40. The van der Waals surface area contributed by atoms with Crippen molar-refractivity contribution in [2.45, 2.75) is 24.6 Å². The lowest BCUT2D eigenvalue weighted by atomic mass is 10.1. The van der Waals surface area contributed by atoms with E-state index < -0.39 is 5.97 Å². The first-order chi connectivity index (χ1) is 14.5. The number of hydrogen-bond acceptors (Lipinski definition) is 9. The third-order valence-electron chi connectivity index (χ3n) is 4.55. The zero-order valence-electron chi connectivity index (χ0n) is 16.3. The molecule has 1 aliphatic rings. The number of thioether (sulfide) groups is 1. The summed E-state index contributed by atoms with van der Waals surface area (Å²) in [6.45, 7) is 3.44. The van der Waals surface area contributed by atoms with Gasteiger partial charge in [-0.15, -0.1) is 11.8 Å². The van der Waals surface area contributed by atoms with E-state index in [-0.39, 0.29) is 19.2 Å². The van der Waals surface area contributed by atoms with Gasteiger partial charge in [0.15, 0.2) is 23.9 Å². The van der Waals surface area contributed by atoms with Crippen molar-refractivity contribution < 1.29 is 28.3 Å². The highest BCUT2D eigenvalue weighted by atomic mass is 32.2. The number of carbonyl (C=O) groups excluding carboxylic acids is 2. The van der Waals surface area contributed by atoms with Crippen molar-refractivity contribution in [3.63, 3.8) is 0 Å². The number of esters is 1. The predicted octanol–water partition coefficient (Wildman–Crippen LogP) is 3.75. The number of Topliss-reactive ketones (excluding diaryl/α,β-unsaturated/α-hetero) is 1. The Hall–Kier alpha value is -3.33. The highest BCUT2D eigenvalue weighted by Gasteiger charge is 2.20. The molecule has 9 heteroatoms. The Bertz CT molecular complexity index is 1090. The summed E-state index contributed by atoms with van der Waals surface area (Å²) in [5.41, 5.74) is 2.44. The van der Waals surface area contributed by atoms with E-state index >= 15 is 0 Å². The molecule has 0 saturated heterocycles. The summed E-state index contributed by atoms with van der Waals surface area (Å²) in [5, 5.41) is 4.44. The molecule has 0 aliphatic carbocycles. The smallest absolute Gasteiger partial charge is 0.341 e. The summed E-state index contributed by atoms with van der Waals surface area (Å²) in [7, 11) is 0. The maximum atomic E-state index is 12.6. The van der Waals surface area contributed by atoms with Crippen LogP contribution < -0.4 is 9.47 Å². The highest BCUT2D eigenvalue weighted by Crippen LogP contribution is 2.32. The Morgan fingerprint density at radius 2 is 2.00 bits per heavy atom. The van der Waals surface area contributed by atoms with Gasteiger partial charge in [0.05, 0.1) is 11.3 Å². The molecule has 0 N–H and O–H groups in total. The maximum Gasteiger partial charge on any atom is 0.341 e. The van der Waals surface area contributed by atoms with Crippen LogP contribution in [0.1, 0.15) is 37.7 Å². The van der Waals surface area contributed by atoms with Gasteiger partial charge in [-0.05, 0) is 44.2 Å². The van der Waals surface area contributed by atoms with Crippen molar-refractivity contribution in [3.8, 4) is 11.5 Å². The number of hydrogen-bond donors (Lipinski definition) is 0. The zero-order chi connectivity index (χ0) is 21.1. The molecule has 1 aromatic carbocycles. The van der Waals surface area contributed by atoms with Gasteiger partial charge in [0.25, 0.3) is 0 Å². The van der Waals surface area contributed by atoms with Gasteiger partial charge >= 0.3 is 5.97 Å². The molecule has 0 fully saturated rings. The molecule has 0 spiro atoms. The second kappa shape index (κ2) is 8.58. The van der Waals surface area contributed by atoms with E-state index in [2.05, 4.69) is 10.1 Å². The molecule has 0 bridgehead atoms. The van der Waals surface area contributed by atoms with Gasteiger partial charge in [0, 0.05) is 23.1 Å².